The third kappa shape index (κ3) is 6.27. The van der Waals surface area contributed by atoms with Crippen LogP contribution in [0.1, 0.15) is 33.6 Å². The lowest BCUT2D eigenvalue weighted by molar-refractivity contribution is -0.118. The van der Waals surface area contributed by atoms with Gasteiger partial charge < -0.3 is 20.7 Å². The summed E-state index contributed by atoms with van der Waals surface area (Å²) < 4.78 is 33.4. The van der Waals surface area contributed by atoms with Crippen molar-refractivity contribution in [2.24, 2.45) is 5.92 Å². The number of nitrogens with zero attached hydrogens (tertiary/aromatic N) is 1. The Morgan fingerprint density at radius 2 is 1.68 bits per heavy atom. The van der Waals surface area contributed by atoms with E-state index < -0.39 is 28.0 Å². The molecule has 1 unspecified atom stereocenters. The first-order valence-corrected chi connectivity index (χ1v) is 12.9. The summed E-state index contributed by atoms with van der Waals surface area (Å²) in [6, 6.07) is 12.1. The maximum Gasteiger partial charge on any atom is 0.319 e. The molecular weight excluding hydrogens is 456 g/mol. The number of anilines is 2. The van der Waals surface area contributed by atoms with Gasteiger partial charge in [0.25, 0.3) is 0 Å². The highest BCUT2D eigenvalue weighted by Gasteiger charge is 2.31. The monoisotopic (exact) mass is 488 g/mol. The third-order valence-electron chi connectivity index (χ3n) is 5.46. The highest BCUT2D eigenvalue weighted by molar-refractivity contribution is 7.89. The molecule has 1 atom stereocenters. The second kappa shape index (κ2) is 11.3. The first-order chi connectivity index (χ1) is 16.2. The average Bonchev–Trinajstić information content (AvgIpc) is 3.35. The van der Waals surface area contributed by atoms with Gasteiger partial charge >= 0.3 is 6.03 Å². The van der Waals surface area contributed by atoms with E-state index in [9.17, 15) is 18.0 Å². The minimum Gasteiger partial charge on any atom is -0.492 e. The molecule has 0 aliphatic carbocycles. The molecule has 1 aliphatic heterocycles. The zero-order chi connectivity index (χ0) is 24.7. The van der Waals surface area contributed by atoms with E-state index in [1.807, 2.05) is 19.9 Å². The van der Waals surface area contributed by atoms with E-state index in [0.717, 1.165) is 12.8 Å². The molecule has 3 rings (SSSR count). The molecule has 1 saturated heterocycles. The highest BCUT2D eigenvalue weighted by atomic mass is 32.2. The van der Waals surface area contributed by atoms with Crippen LogP contribution in [-0.4, -0.2) is 50.4 Å². The maximum atomic E-state index is 13.2. The molecule has 1 fully saturated rings. The predicted molar refractivity (Wildman–Crippen MR) is 131 cm³/mol. The molecule has 0 aromatic heterocycles. The number of amides is 3. The molecule has 0 radical (unpaired) electrons. The van der Waals surface area contributed by atoms with Crippen molar-refractivity contribution in [3.63, 3.8) is 0 Å². The number of benzene rings is 2. The lowest BCUT2D eigenvalue weighted by Gasteiger charge is -2.23. The van der Waals surface area contributed by atoms with Gasteiger partial charge in [-0.05, 0) is 56.0 Å². The van der Waals surface area contributed by atoms with Gasteiger partial charge in [0, 0.05) is 24.5 Å². The zero-order valence-electron chi connectivity index (χ0n) is 19.7. The number of para-hydroxylation sites is 1. The van der Waals surface area contributed by atoms with Crippen LogP contribution in [0.2, 0.25) is 0 Å². The number of hydrogen-bond acceptors (Lipinski definition) is 5. The topological polar surface area (TPSA) is 117 Å². The molecule has 2 aromatic rings. The van der Waals surface area contributed by atoms with Gasteiger partial charge in [-0.25, -0.2) is 13.2 Å². The van der Waals surface area contributed by atoms with Crippen LogP contribution in [0.4, 0.5) is 16.2 Å². The van der Waals surface area contributed by atoms with Gasteiger partial charge in [0.2, 0.25) is 15.9 Å². The molecule has 0 saturated carbocycles. The first-order valence-electron chi connectivity index (χ1n) is 11.4. The number of carbonyl (C=O) groups is 2. The maximum absolute atomic E-state index is 13.2. The van der Waals surface area contributed by atoms with Crippen LogP contribution >= 0.6 is 0 Å². The van der Waals surface area contributed by atoms with Gasteiger partial charge in [0.05, 0.1) is 6.61 Å². The minimum absolute atomic E-state index is 0.0185. The van der Waals surface area contributed by atoms with Crippen molar-refractivity contribution in [2.75, 3.05) is 30.3 Å². The van der Waals surface area contributed by atoms with Gasteiger partial charge in [0.1, 0.15) is 16.7 Å². The standard InChI is InChI=1S/C24H32N4O5S/c1-4-33-20-13-12-19(16-21(20)34(31,32)28-14-8-9-15-28)25-23(29)22(17(2)3)27-24(30)26-18-10-6-5-7-11-18/h5-7,10-13,16-17,22H,4,8-9,14-15H2,1-3H3,(H,25,29)(H2,26,27,30). The van der Waals surface area contributed by atoms with E-state index in [0.29, 0.717) is 31.1 Å². The second-order valence-electron chi connectivity index (χ2n) is 8.38. The molecule has 1 heterocycles. The van der Waals surface area contributed by atoms with Crippen molar-refractivity contribution in [3.8, 4) is 5.75 Å². The molecule has 0 spiro atoms. The largest absolute Gasteiger partial charge is 0.492 e. The fourth-order valence-electron chi connectivity index (χ4n) is 3.71. The van der Waals surface area contributed by atoms with Crippen LogP contribution in [0.15, 0.2) is 53.4 Å². The van der Waals surface area contributed by atoms with Crippen LogP contribution in [-0.2, 0) is 14.8 Å². The number of hydrogen-bond donors (Lipinski definition) is 3. The summed E-state index contributed by atoms with van der Waals surface area (Å²) in [6.45, 7) is 6.63. The van der Waals surface area contributed by atoms with E-state index in [2.05, 4.69) is 16.0 Å². The fourth-order valence-corrected chi connectivity index (χ4v) is 5.39. The SMILES string of the molecule is CCOc1ccc(NC(=O)C(NC(=O)Nc2ccccc2)C(C)C)cc1S(=O)(=O)N1CCCC1. The summed E-state index contributed by atoms with van der Waals surface area (Å²) in [5.74, 6) is -0.419. The Hall–Kier alpha value is -3.11. The Morgan fingerprint density at radius 3 is 2.29 bits per heavy atom. The Labute approximate surface area is 200 Å². The van der Waals surface area contributed by atoms with Gasteiger partial charge in [-0.3, -0.25) is 4.79 Å². The number of ether oxygens (including phenoxy) is 1. The molecule has 2 aromatic carbocycles. The van der Waals surface area contributed by atoms with Gasteiger partial charge in [-0.15, -0.1) is 0 Å². The summed E-state index contributed by atoms with van der Waals surface area (Å²) in [7, 11) is -3.76. The quantitative estimate of drug-likeness (QED) is 0.498. The van der Waals surface area contributed by atoms with E-state index in [-0.39, 0.29) is 16.6 Å². The van der Waals surface area contributed by atoms with Gasteiger partial charge in [0.15, 0.2) is 0 Å². The number of urea groups is 1. The van der Waals surface area contributed by atoms with E-state index >= 15 is 0 Å². The Kier molecular flexibility index (Phi) is 8.51. The zero-order valence-corrected chi connectivity index (χ0v) is 20.5. The number of nitrogens with one attached hydrogen (secondary N) is 3. The van der Waals surface area contributed by atoms with Crippen LogP contribution in [0, 0.1) is 5.92 Å². The molecule has 3 N–H and O–H groups in total. The van der Waals surface area contributed by atoms with Gasteiger partial charge in [-0.2, -0.15) is 4.31 Å². The first kappa shape index (κ1) is 25.5. The van der Waals surface area contributed by atoms with Crippen molar-refractivity contribution in [2.45, 2.75) is 44.6 Å². The van der Waals surface area contributed by atoms with Crippen molar-refractivity contribution in [1.82, 2.24) is 9.62 Å². The third-order valence-corrected chi connectivity index (χ3v) is 7.38. The summed E-state index contributed by atoms with van der Waals surface area (Å²) in [4.78, 5) is 25.5. The molecule has 1 aliphatic rings. The summed E-state index contributed by atoms with van der Waals surface area (Å²) in [5.41, 5.74) is 0.910. The van der Waals surface area contributed by atoms with E-state index in [4.69, 9.17) is 4.74 Å². The van der Waals surface area contributed by atoms with Crippen molar-refractivity contribution in [1.29, 1.82) is 0 Å². The molecule has 3 amide bonds. The van der Waals surface area contributed by atoms with Crippen LogP contribution in [0.5, 0.6) is 5.75 Å². The Morgan fingerprint density at radius 1 is 1.00 bits per heavy atom. The smallest absolute Gasteiger partial charge is 0.319 e. The predicted octanol–water partition coefficient (Wildman–Crippen LogP) is 3.65. The van der Waals surface area contributed by atoms with Gasteiger partial charge in [-0.1, -0.05) is 32.0 Å². The lowest BCUT2D eigenvalue weighted by atomic mass is 10.0. The highest BCUT2D eigenvalue weighted by Crippen LogP contribution is 2.31. The number of carbonyl (C=O) groups excluding carboxylic acids is 2. The Bertz CT molecular complexity index is 1100. The van der Waals surface area contributed by atoms with Crippen LogP contribution < -0.4 is 20.7 Å². The molecule has 9 nitrogen and oxygen atoms in total. The molecule has 10 heteroatoms. The second-order valence-corrected chi connectivity index (χ2v) is 10.3. The van der Waals surface area contributed by atoms with E-state index in [1.54, 1.807) is 43.3 Å². The molecule has 0 bridgehead atoms. The number of rotatable bonds is 9. The van der Waals surface area contributed by atoms with Crippen molar-refractivity contribution in [3.05, 3.63) is 48.5 Å². The summed E-state index contributed by atoms with van der Waals surface area (Å²) in [6.07, 6.45) is 1.62. The summed E-state index contributed by atoms with van der Waals surface area (Å²) in [5, 5.41) is 8.13. The van der Waals surface area contributed by atoms with E-state index in [1.165, 1.54) is 10.4 Å². The minimum atomic E-state index is -3.76. The molecule has 184 valence electrons. The molecular formula is C24H32N4O5S. The normalized spacial score (nSPS) is 15.1. The molecule has 34 heavy (non-hydrogen) atoms. The summed E-state index contributed by atoms with van der Waals surface area (Å²) >= 11 is 0. The van der Waals surface area contributed by atoms with Crippen molar-refractivity contribution >= 4 is 33.3 Å². The van der Waals surface area contributed by atoms with Crippen LogP contribution in [0.3, 0.4) is 0 Å². The fraction of sp³-hybridized carbons (Fsp3) is 0.417. The number of sulfonamides is 1. The van der Waals surface area contributed by atoms with Crippen LogP contribution in [0.25, 0.3) is 0 Å². The Balaban J connectivity index is 1.78. The average molecular weight is 489 g/mol. The lowest BCUT2D eigenvalue weighted by Crippen LogP contribution is -2.48. The van der Waals surface area contributed by atoms with Crippen molar-refractivity contribution < 1.29 is 22.7 Å².